The molecule has 1 aliphatic rings. The molecule has 0 radical (unpaired) electrons. The molecule has 2 N–H and O–H groups in total. The van der Waals surface area contributed by atoms with Crippen molar-refractivity contribution >= 4 is 11.8 Å². The van der Waals surface area contributed by atoms with Gasteiger partial charge in [0, 0.05) is 11.9 Å². The first-order valence-corrected chi connectivity index (χ1v) is 5.82. The second-order valence-electron chi connectivity index (χ2n) is 3.27. The van der Waals surface area contributed by atoms with Crippen LogP contribution in [-0.4, -0.2) is 30.3 Å². The molecule has 1 heterocycles. The Hall–Kier alpha value is 0.270. The Labute approximate surface area is 79.2 Å². The molecule has 0 spiro atoms. The maximum Gasteiger partial charge on any atom is 0.0666 e. The van der Waals surface area contributed by atoms with Gasteiger partial charge < -0.3 is 10.5 Å². The maximum absolute atomic E-state index is 5.48. The maximum atomic E-state index is 5.48. The molecule has 72 valence electrons. The first-order valence-electron chi connectivity index (χ1n) is 4.78. The Bertz CT molecular complexity index is 121. The van der Waals surface area contributed by atoms with Crippen molar-refractivity contribution in [3.63, 3.8) is 0 Å². The summed E-state index contributed by atoms with van der Waals surface area (Å²) in [5.41, 5.74) is 5.42. The lowest BCUT2D eigenvalue weighted by Gasteiger charge is -2.12. The van der Waals surface area contributed by atoms with Gasteiger partial charge in [0.1, 0.15) is 0 Å². The van der Waals surface area contributed by atoms with E-state index in [0.29, 0.717) is 6.10 Å². The number of hydrogen-bond acceptors (Lipinski definition) is 3. The molecule has 1 rings (SSSR count). The highest BCUT2D eigenvalue weighted by molar-refractivity contribution is 7.99. The summed E-state index contributed by atoms with van der Waals surface area (Å²) in [6.07, 6.45) is 4.11. The molecule has 1 aliphatic heterocycles. The highest BCUT2D eigenvalue weighted by Gasteiger charge is 2.23. The molecule has 0 bridgehead atoms. The van der Waals surface area contributed by atoms with Gasteiger partial charge in [-0.15, -0.1) is 0 Å². The molecular formula is C9H19NOS. The largest absolute Gasteiger partial charge is 0.377 e. The zero-order chi connectivity index (χ0) is 8.81. The van der Waals surface area contributed by atoms with Gasteiger partial charge in [-0.3, -0.25) is 0 Å². The average Bonchev–Trinajstić information content (AvgIpc) is 2.46. The number of unbranched alkanes of at least 4 members (excludes halogenated alkanes) is 1. The Morgan fingerprint density at radius 1 is 1.50 bits per heavy atom. The van der Waals surface area contributed by atoms with Gasteiger partial charge in [0.05, 0.1) is 6.10 Å². The van der Waals surface area contributed by atoms with E-state index < -0.39 is 0 Å². The van der Waals surface area contributed by atoms with Crippen molar-refractivity contribution in [2.75, 3.05) is 18.9 Å². The van der Waals surface area contributed by atoms with E-state index in [1.807, 2.05) is 0 Å². The Balaban J connectivity index is 1.98. The highest BCUT2D eigenvalue weighted by Crippen LogP contribution is 2.26. The standard InChI is InChI=1S/C9H19NOS/c1-8-9(4-6-11-8)12-7-3-2-5-10/h8-9H,2-7,10H2,1H3. The van der Waals surface area contributed by atoms with E-state index in [9.17, 15) is 0 Å². The predicted octanol–water partition coefficient (Wildman–Crippen LogP) is 1.64. The predicted molar refractivity (Wildman–Crippen MR) is 54.6 cm³/mol. The van der Waals surface area contributed by atoms with Crippen LogP contribution in [0.5, 0.6) is 0 Å². The number of ether oxygens (including phenoxy) is 1. The lowest BCUT2D eigenvalue weighted by atomic mass is 10.3. The Kier molecular flexibility index (Phi) is 5.04. The van der Waals surface area contributed by atoms with Crippen LogP contribution in [0.15, 0.2) is 0 Å². The zero-order valence-electron chi connectivity index (χ0n) is 7.79. The summed E-state index contributed by atoms with van der Waals surface area (Å²) in [6, 6.07) is 0. The van der Waals surface area contributed by atoms with Crippen molar-refractivity contribution in [1.82, 2.24) is 0 Å². The fourth-order valence-corrected chi connectivity index (χ4v) is 2.70. The van der Waals surface area contributed by atoms with Gasteiger partial charge in [-0.2, -0.15) is 11.8 Å². The topological polar surface area (TPSA) is 35.2 Å². The van der Waals surface area contributed by atoms with E-state index >= 15 is 0 Å². The van der Waals surface area contributed by atoms with Gasteiger partial charge in [-0.05, 0) is 38.5 Å². The smallest absolute Gasteiger partial charge is 0.0666 e. The molecular weight excluding hydrogens is 170 g/mol. The molecule has 2 nitrogen and oxygen atoms in total. The third kappa shape index (κ3) is 3.33. The van der Waals surface area contributed by atoms with Crippen LogP contribution < -0.4 is 5.73 Å². The summed E-state index contributed by atoms with van der Waals surface area (Å²) < 4.78 is 5.48. The van der Waals surface area contributed by atoms with Gasteiger partial charge >= 0.3 is 0 Å². The van der Waals surface area contributed by atoms with E-state index in [4.69, 9.17) is 10.5 Å². The van der Waals surface area contributed by atoms with Gasteiger partial charge in [-0.25, -0.2) is 0 Å². The van der Waals surface area contributed by atoms with Crippen LogP contribution in [0.2, 0.25) is 0 Å². The molecule has 0 aromatic carbocycles. The summed E-state index contributed by atoms with van der Waals surface area (Å²) >= 11 is 2.05. The summed E-state index contributed by atoms with van der Waals surface area (Å²) in [6.45, 7) is 3.96. The summed E-state index contributed by atoms with van der Waals surface area (Å²) in [5, 5.41) is 0.739. The second-order valence-corrected chi connectivity index (χ2v) is 4.62. The van der Waals surface area contributed by atoms with Crippen molar-refractivity contribution in [2.24, 2.45) is 5.73 Å². The number of rotatable bonds is 5. The van der Waals surface area contributed by atoms with Crippen molar-refractivity contribution in [3.8, 4) is 0 Å². The highest BCUT2D eigenvalue weighted by atomic mass is 32.2. The fourth-order valence-electron chi connectivity index (χ4n) is 1.41. The zero-order valence-corrected chi connectivity index (χ0v) is 8.61. The number of hydrogen-bond donors (Lipinski definition) is 1. The molecule has 0 aromatic rings. The first-order chi connectivity index (χ1) is 5.84. The normalized spacial score (nSPS) is 29.5. The number of nitrogens with two attached hydrogens (primary N) is 1. The molecule has 3 heteroatoms. The SMILES string of the molecule is CC1OCCC1SCCCCN. The lowest BCUT2D eigenvalue weighted by molar-refractivity contribution is 0.127. The average molecular weight is 189 g/mol. The molecule has 1 saturated heterocycles. The minimum absolute atomic E-state index is 0.466. The third-order valence-electron chi connectivity index (χ3n) is 2.24. The van der Waals surface area contributed by atoms with Crippen LogP contribution in [-0.2, 0) is 4.74 Å². The third-order valence-corrected chi connectivity index (χ3v) is 3.81. The van der Waals surface area contributed by atoms with Crippen molar-refractivity contribution in [3.05, 3.63) is 0 Å². The van der Waals surface area contributed by atoms with Gasteiger partial charge in [-0.1, -0.05) is 0 Å². The Morgan fingerprint density at radius 3 is 2.92 bits per heavy atom. The monoisotopic (exact) mass is 189 g/mol. The van der Waals surface area contributed by atoms with Crippen molar-refractivity contribution < 1.29 is 4.74 Å². The summed E-state index contributed by atoms with van der Waals surface area (Å²) in [7, 11) is 0. The fraction of sp³-hybridized carbons (Fsp3) is 1.00. The molecule has 12 heavy (non-hydrogen) atoms. The number of thioether (sulfide) groups is 1. The van der Waals surface area contributed by atoms with E-state index in [-0.39, 0.29) is 0 Å². The van der Waals surface area contributed by atoms with Crippen LogP contribution in [0, 0.1) is 0 Å². The molecule has 0 saturated carbocycles. The van der Waals surface area contributed by atoms with E-state index in [1.165, 1.54) is 18.6 Å². The first kappa shape index (κ1) is 10.4. The summed E-state index contributed by atoms with van der Waals surface area (Å²) in [5.74, 6) is 1.25. The van der Waals surface area contributed by atoms with Crippen LogP contribution in [0.4, 0.5) is 0 Å². The minimum atomic E-state index is 0.466. The second kappa shape index (κ2) is 5.84. The van der Waals surface area contributed by atoms with E-state index in [0.717, 1.165) is 24.8 Å². The van der Waals surface area contributed by atoms with Gasteiger partial charge in [0.15, 0.2) is 0 Å². The van der Waals surface area contributed by atoms with Gasteiger partial charge in [0.2, 0.25) is 0 Å². The minimum Gasteiger partial charge on any atom is -0.377 e. The summed E-state index contributed by atoms with van der Waals surface area (Å²) in [4.78, 5) is 0. The van der Waals surface area contributed by atoms with Crippen LogP contribution >= 0.6 is 11.8 Å². The van der Waals surface area contributed by atoms with E-state index in [1.54, 1.807) is 0 Å². The van der Waals surface area contributed by atoms with Gasteiger partial charge in [0.25, 0.3) is 0 Å². The molecule has 2 unspecified atom stereocenters. The van der Waals surface area contributed by atoms with Crippen molar-refractivity contribution in [2.45, 2.75) is 37.5 Å². The molecule has 0 aliphatic carbocycles. The van der Waals surface area contributed by atoms with E-state index in [2.05, 4.69) is 18.7 Å². The van der Waals surface area contributed by atoms with Crippen LogP contribution in [0.25, 0.3) is 0 Å². The Morgan fingerprint density at radius 2 is 2.33 bits per heavy atom. The van der Waals surface area contributed by atoms with Crippen molar-refractivity contribution in [1.29, 1.82) is 0 Å². The molecule has 1 fully saturated rings. The van der Waals surface area contributed by atoms with Crippen LogP contribution in [0.1, 0.15) is 26.2 Å². The lowest BCUT2D eigenvalue weighted by Crippen LogP contribution is -2.14. The van der Waals surface area contributed by atoms with Crippen LogP contribution in [0.3, 0.4) is 0 Å². The molecule has 2 atom stereocenters. The molecule has 0 amide bonds. The molecule has 0 aromatic heterocycles. The quantitative estimate of drug-likeness (QED) is 0.668.